The van der Waals surface area contributed by atoms with Crippen LogP contribution in [0.3, 0.4) is 0 Å². The lowest BCUT2D eigenvalue weighted by atomic mass is 9.77. The number of alkyl halides is 2. The molecule has 2 N–H and O–H groups in total. The summed E-state index contributed by atoms with van der Waals surface area (Å²) in [6, 6.07) is -0.250. The summed E-state index contributed by atoms with van der Waals surface area (Å²) in [6.07, 6.45) is 1.39. The molecule has 0 saturated heterocycles. The minimum Gasteiger partial charge on any atom is -0.324 e. The zero-order valence-corrected chi connectivity index (χ0v) is 5.69. The summed E-state index contributed by atoms with van der Waals surface area (Å²) < 4.78 is 24.4. The quantitative estimate of drug-likeness (QED) is 0.589. The van der Waals surface area contributed by atoms with Crippen molar-refractivity contribution in [3.8, 4) is 0 Å². The van der Waals surface area contributed by atoms with Crippen LogP contribution in [-0.4, -0.2) is 12.0 Å². The van der Waals surface area contributed by atoms with Gasteiger partial charge in [0.05, 0.1) is 0 Å². The smallest absolute Gasteiger partial charge is 0.248 e. The molecule has 0 amide bonds. The van der Waals surface area contributed by atoms with Crippen LogP contribution in [0.5, 0.6) is 0 Å². The Hall–Kier alpha value is -0.440. The molecule has 0 aromatic carbocycles. The lowest BCUT2D eigenvalue weighted by molar-refractivity contribution is -0.112. The van der Waals surface area contributed by atoms with E-state index >= 15 is 0 Å². The summed E-state index contributed by atoms with van der Waals surface area (Å²) in [4.78, 5) is 0. The minimum absolute atomic E-state index is 0.0486. The first kappa shape index (κ1) is 7.66. The van der Waals surface area contributed by atoms with Crippen molar-refractivity contribution in [3.63, 3.8) is 0 Å². The summed E-state index contributed by atoms with van der Waals surface area (Å²) in [5, 5.41) is 0. The molecule has 1 fully saturated rings. The molecule has 1 aliphatic rings. The van der Waals surface area contributed by atoms with E-state index in [-0.39, 0.29) is 24.8 Å². The topological polar surface area (TPSA) is 26.0 Å². The molecule has 1 saturated carbocycles. The maximum atomic E-state index is 12.2. The van der Waals surface area contributed by atoms with Crippen molar-refractivity contribution in [2.45, 2.75) is 24.8 Å². The Morgan fingerprint density at radius 1 is 1.60 bits per heavy atom. The van der Waals surface area contributed by atoms with E-state index in [1.54, 1.807) is 0 Å². The van der Waals surface area contributed by atoms with Gasteiger partial charge in [0.2, 0.25) is 5.92 Å². The lowest BCUT2D eigenvalue weighted by Crippen LogP contribution is -2.44. The molecule has 1 unspecified atom stereocenters. The third kappa shape index (κ3) is 1.34. The first-order chi connectivity index (χ1) is 4.55. The average Bonchev–Trinajstić information content (AvgIpc) is 1.81. The zero-order chi connectivity index (χ0) is 7.78. The molecule has 3 heteroatoms. The molecule has 0 aromatic heterocycles. The molecule has 58 valence electrons. The maximum Gasteiger partial charge on any atom is 0.248 e. The molecule has 1 atom stereocenters. The maximum absolute atomic E-state index is 12.2. The second-order valence-corrected chi connectivity index (χ2v) is 2.84. The van der Waals surface area contributed by atoms with E-state index in [4.69, 9.17) is 5.73 Å². The molecular weight excluding hydrogens is 136 g/mol. The predicted molar refractivity (Wildman–Crippen MR) is 35.8 cm³/mol. The third-order valence-corrected chi connectivity index (χ3v) is 1.94. The fourth-order valence-corrected chi connectivity index (χ4v) is 1.17. The predicted octanol–water partition coefficient (Wildman–Crippen LogP) is 1.55. The summed E-state index contributed by atoms with van der Waals surface area (Å²) in [7, 11) is 0. The van der Waals surface area contributed by atoms with Crippen LogP contribution < -0.4 is 5.73 Å². The van der Waals surface area contributed by atoms with Crippen molar-refractivity contribution in [1.82, 2.24) is 0 Å². The molecule has 0 spiro atoms. The number of nitrogens with two attached hydrogens (primary N) is 1. The molecule has 0 heterocycles. The van der Waals surface area contributed by atoms with Gasteiger partial charge in [0.25, 0.3) is 0 Å². The van der Waals surface area contributed by atoms with Gasteiger partial charge in [-0.05, 0) is 5.92 Å². The van der Waals surface area contributed by atoms with E-state index in [1.807, 2.05) is 0 Å². The second-order valence-electron chi connectivity index (χ2n) is 2.84. The molecule has 1 nitrogen and oxygen atoms in total. The van der Waals surface area contributed by atoms with Crippen molar-refractivity contribution in [3.05, 3.63) is 12.7 Å². The fourth-order valence-electron chi connectivity index (χ4n) is 1.17. The summed E-state index contributed by atoms with van der Waals surface area (Å²) in [6.45, 7) is 3.44. The van der Waals surface area contributed by atoms with Crippen molar-refractivity contribution in [1.29, 1.82) is 0 Å². The Balaban J connectivity index is 2.32. The number of hydrogen-bond donors (Lipinski definition) is 1. The van der Waals surface area contributed by atoms with E-state index in [0.717, 1.165) is 0 Å². The van der Waals surface area contributed by atoms with Gasteiger partial charge in [0.15, 0.2) is 0 Å². The minimum atomic E-state index is -2.45. The highest BCUT2D eigenvalue weighted by Crippen LogP contribution is 2.43. The van der Waals surface area contributed by atoms with Gasteiger partial charge in [-0.15, -0.1) is 6.58 Å². The van der Waals surface area contributed by atoms with Crippen LogP contribution in [0.2, 0.25) is 0 Å². The van der Waals surface area contributed by atoms with Gasteiger partial charge in [0, 0.05) is 18.9 Å². The van der Waals surface area contributed by atoms with Gasteiger partial charge in [-0.1, -0.05) is 6.08 Å². The Bertz CT molecular complexity index is 137. The SMILES string of the molecule is C=CC(N)C1CC(F)(F)C1. The van der Waals surface area contributed by atoms with E-state index < -0.39 is 5.92 Å². The van der Waals surface area contributed by atoms with Crippen molar-refractivity contribution < 1.29 is 8.78 Å². The monoisotopic (exact) mass is 147 g/mol. The normalized spacial score (nSPS) is 27.1. The summed E-state index contributed by atoms with van der Waals surface area (Å²) in [5.41, 5.74) is 5.45. The number of hydrogen-bond acceptors (Lipinski definition) is 1. The van der Waals surface area contributed by atoms with E-state index in [1.165, 1.54) is 6.08 Å². The molecule has 0 aromatic rings. The van der Waals surface area contributed by atoms with Gasteiger partial charge >= 0.3 is 0 Å². The zero-order valence-electron chi connectivity index (χ0n) is 5.69. The Labute approximate surface area is 58.9 Å². The highest BCUT2D eigenvalue weighted by molar-refractivity contribution is 4.98. The highest BCUT2D eigenvalue weighted by atomic mass is 19.3. The first-order valence-corrected chi connectivity index (χ1v) is 3.31. The Morgan fingerprint density at radius 3 is 2.40 bits per heavy atom. The second kappa shape index (κ2) is 2.31. The van der Waals surface area contributed by atoms with Crippen LogP contribution >= 0.6 is 0 Å². The molecular formula is C7H11F2N. The number of halogens is 2. The lowest BCUT2D eigenvalue weighted by Gasteiger charge is -2.37. The van der Waals surface area contributed by atoms with Crippen molar-refractivity contribution in [2.24, 2.45) is 11.7 Å². The first-order valence-electron chi connectivity index (χ1n) is 3.31. The summed E-state index contributed by atoms with van der Waals surface area (Å²) in [5.74, 6) is -2.50. The summed E-state index contributed by atoms with van der Waals surface area (Å²) >= 11 is 0. The molecule has 0 bridgehead atoms. The van der Waals surface area contributed by atoms with Crippen LogP contribution in [0, 0.1) is 5.92 Å². The molecule has 1 rings (SSSR count). The third-order valence-electron chi connectivity index (χ3n) is 1.94. The van der Waals surface area contributed by atoms with E-state index in [2.05, 4.69) is 6.58 Å². The van der Waals surface area contributed by atoms with Gasteiger partial charge < -0.3 is 5.73 Å². The van der Waals surface area contributed by atoms with Gasteiger partial charge in [-0.2, -0.15) is 0 Å². The van der Waals surface area contributed by atoms with Crippen LogP contribution in [0.4, 0.5) is 8.78 Å². The molecule has 10 heavy (non-hydrogen) atoms. The van der Waals surface area contributed by atoms with Crippen LogP contribution in [0.25, 0.3) is 0 Å². The fraction of sp³-hybridized carbons (Fsp3) is 0.714. The molecule has 1 aliphatic carbocycles. The van der Waals surface area contributed by atoms with E-state index in [0.29, 0.717) is 0 Å². The van der Waals surface area contributed by atoms with Gasteiger partial charge in [0.1, 0.15) is 0 Å². The standard InChI is InChI=1S/C7H11F2N/c1-2-6(10)5-3-7(8,9)4-5/h2,5-6H,1,3-4,10H2. The Morgan fingerprint density at radius 2 is 2.10 bits per heavy atom. The van der Waals surface area contributed by atoms with Gasteiger partial charge in [-0.3, -0.25) is 0 Å². The van der Waals surface area contributed by atoms with E-state index in [9.17, 15) is 8.78 Å². The van der Waals surface area contributed by atoms with Crippen LogP contribution in [0.1, 0.15) is 12.8 Å². The Kier molecular flexibility index (Phi) is 1.77. The van der Waals surface area contributed by atoms with Crippen LogP contribution in [-0.2, 0) is 0 Å². The highest BCUT2D eigenvalue weighted by Gasteiger charge is 2.46. The van der Waals surface area contributed by atoms with Crippen molar-refractivity contribution in [2.75, 3.05) is 0 Å². The van der Waals surface area contributed by atoms with Crippen molar-refractivity contribution >= 4 is 0 Å². The van der Waals surface area contributed by atoms with Crippen LogP contribution in [0.15, 0.2) is 12.7 Å². The molecule has 0 aliphatic heterocycles. The van der Waals surface area contributed by atoms with Gasteiger partial charge in [-0.25, -0.2) is 8.78 Å². The number of rotatable bonds is 2. The largest absolute Gasteiger partial charge is 0.324 e. The molecule has 0 radical (unpaired) electrons. The average molecular weight is 147 g/mol.